The summed E-state index contributed by atoms with van der Waals surface area (Å²) in [7, 11) is 0. The second-order valence-electron chi connectivity index (χ2n) is 5.71. The highest BCUT2D eigenvalue weighted by atomic mass is 16.5. The summed E-state index contributed by atoms with van der Waals surface area (Å²) in [5, 5.41) is 9.08. The van der Waals surface area contributed by atoms with Gasteiger partial charge in [-0.2, -0.15) is 5.26 Å². The van der Waals surface area contributed by atoms with Gasteiger partial charge >= 0.3 is 0 Å². The first-order chi connectivity index (χ1) is 10.2. The van der Waals surface area contributed by atoms with Crippen LogP contribution >= 0.6 is 0 Å². The summed E-state index contributed by atoms with van der Waals surface area (Å²) < 4.78 is 7.78. The normalized spacial score (nSPS) is 23.3. The van der Waals surface area contributed by atoms with Crippen molar-refractivity contribution in [2.45, 2.75) is 39.1 Å². The quantitative estimate of drug-likeness (QED) is 0.867. The van der Waals surface area contributed by atoms with Gasteiger partial charge in [-0.3, -0.25) is 4.90 Å². The summed E-state index contributed by atoms with van der Waals surface area (Å²) in [6, 6.07) is 10.2. The summed E-state index contributed by atoms with van der Waals surface area (Å²) >= 11 is 0. The second-order valence-corrected chi connectivity index (χ2v) is 5.71. The number of hydrogen-bond acceptors (Lipinski definition) is 4. The Morgan fingerprint density at radius 1 is 1.29 bits per heavy atom. The van der Waals surface area contributed by atoms with E-state index in [9.17, 15) is 0 Å². The fraction of sp³-hybridized carbons (Fsp3) is 0.500. The topological polar surface area (TPSA) is 54.1 Å². The molecule has 0 aliphatic carbocycles. The zero-order chi connectivity index (χ0) is 14.8. The molecule has 0 N–H and O–H groups in total. The number of morpholine rings is 1. The molecule has 0 saturated carbocycles. The van der Waals surface area contributed by atoms with Crippen molar-refractivity contribution in [2.75, 3.05) is 13.1 Å². The van der Waals surface area contributed by atoms with E-state index in [0.717, 1.165) is 36.5 Å². The van der Waals surface area contributed by atoms with Gasteiger partial charge in [0, 0.05) is 13.1 Å². The van der Waals surface area contributed by atoms with Crippen LogP contribution in [0.2, 0.25) is 0 Å². The minimum atomic E-state index is 0.238. The molecule has 5 heteroatoms. The Balaban J connectivity index is 1.89. The summed E-state index contributed by atoms with van der Waals surface area (Å²) in [6.07, 6.45) is 0.477. The Bertz CT molecular complexity index is 662. The Labute approximate surface area is 124 Å². The van der Waals surface area contributed by atoms with E-state index in [1.54, 1.807) is 0 Å². The second kappa shape index (κ2) is 5.84. The van der Waals surface area contributed by atoms with Crippen LogP contribution in [0.5, 0.6) is 0 Å². The van der Waals surface area contributed by atoms with Crippen LogP contribution in [0.4, 0.5) is 0 Å². The molecule has 21 heavy (non-hydrogen) atoms. The monoisotopic (exact) mass is 284 g/mol. The van der Waals surface area contributed by atoms with Gasteiger partial charge in [0.15, 0.2) is 0 Å². The highest BCUT2D eigenvalue weighted by Crippen LogP contribution is 2.19. The van der Waals surface area contributed by atoms with Crippen LogP contribution in [0.3, 0.4) is 0 Å². The maximum atomic E-state index is 9.08. The third kappa shape index (κ3) is 2.92. The number of ether oxygens (including phenoxy) is 1. The molecule has 0 amide bonds. The molecule has 1 saturated heterocycles. The molecule has 1 aromatic heterocycles. The molecule has 2 aromatic rings. The molecular formula is C16H20N4O. The number of nitriles is 1. The number of aromatic nitrogens is 2. The zero-order valence-corrected chi connectivity index (χ0v) is 12.5. The van der Waals surface area contributed by atoms with E-state index in [-0.39, 0.29) is 12.2 Å². The molecule has 2 heterocycles. The van der Waals surface area contributed by atoms with Crippen molar-refractivity contribution < 1.29 is 4.74 Å². The molecule has 1 aromatic carbocycles. The first-order valence-corrected chi connectivity index (χ1v) is 7.36. The van der Waals surface area contributed by atoms with Gasteiger partial charge in [0.2, 0.25) is 0 Å². The highest BCUT2D eigenvalue weighted by Gasteiger charge is 2.23. The van der Waals surface area contributed by atoms with Crippen LogP contribution < -0.4 is 0 Å². The fourth-order valence-electron chi connectivity index (χ4n) is 3.11. The van der Waals surface area contributed by atoms with E-state index < -0.39 is 0 Å². The van der Waals surface area contributed by atoms with Crippen molar-refractivity contribution in [2.24, 2.45) is 0 Å². The van der Waals surface area contributed by atoms with E-state index in [4.69, 9.17) is 15.0 Å². The van der Waals surface area contributed by atoms with E-state index in [2.05, 4.69) is 24.8 Å². The molecule has 5 nitrogen and oxygen atoms in total. The van der Waals surface area contributed by atoms with Gasteiger partial charge in [0.25, 0.3) is 0 Å². The molecule has 0 spiro atoms. The van der Waals surface area contributed by atoms with E-state index in [1.807, 2.05) is 28.8 Å². The van der Waals surface area contributed by atoms with Crippen LogP contribution in [0.1, 0.15) is 19.7 Å². The predicted octanol–water partition coefficient (Wildman–Crippen LogP) is 2.17. The lowest BCUT2D eigenvalue weighted by Gasteiger charge is -2.35. The average Bonchev–Trinajstić information content (AvgIpc) is 2.76. The van der Waals surface area contributed by atoms with Crippen molar-refractivity contribution in [3.8, 4) is 6.07 Å². The maximum absolute atomic E-state index is 9.08. The highest BCUT2D eigenvalue weighted by molar-refractivity contribution is 5.76. The molecule has 1 fully saturated rings. The molecular weight excluding hydrogens is 264 g/mol. The Morgan fingerprint density at radius 3 is 2.71 bits per heavy atom. The lowest BCUT2D eigenvalue weighted by atomic mass is 10.2. The van der Waals surface area contributed by atoms with Crippen molar-refractivity contribution >= 4 is 11.0 Å². The van der Waals surface area contributed by atoms with Crippen LogP contribution in [0.15, 0.2) is 24.3 Å². The average molecular weight is 284 g/mol. The summed E-state index contributed by atoms with van der Waals surface area (Å²) in [6.45, 7) is 7.10. The van der Waals surface area contributed by atoms with Crippen molar-refractivity contribution in [1.29, 1.82) is 5.26 Å². The van der Waals surface area contributed by atoms with E-state index in [1.165, 1.54) is 0 Å². The summed E-state index contributed by atoms with van der Waals surface area (Å²) in [4.78, 5) is 7.06. The van der Waals surface area contributed by atoms with Crippen LogP contribution in [-0.2, 0) is 17.8 Å². The minimum absolute atomic E-state index is 0.238. The molecule has 0 radical (unpaired) electrons. The summed E-state index contributed by atoms with van der Waals surface area (Å²) in [5.41, 5.74) is 1.99. The number of hydrogen-bond donors (Lipinski definition) is 0. The Kier molecular flexibility index (Phi) is 3.91. The predicted molar refractivity (Wildman–Crippen MR) is 80.6 cm³/mol. The van der Waals surface area contributed by atoms with Gasteiger partial charge in [-0.05, 0) is 26.0 Å². The first-order valence-electron chi connectivity index (χ1n) is 7.36. The molecule has 2 atom stereocenters. The Morgan fingerprint density at radius 2 is 2.00 bits per heavy atom. The maximum Gasteiger partial charge on any atom is 0.125 e. The van der Waals surface area contributed by atoms with Crippen molar-refractivity contribution in [1.82, 2.24) is 14.5 Å². The lowest BCUT2D eigenvalue weighted by molar-refractivity contribution is -0.0712. The van der Waals surface area contributed by atoms with E-state index >= 15 is 0 Å². The smallest absolute Gasteiger partial charge is 0.125 e. The van der Waals surface area contributed by atoms with Gasteiger partial charge in [0.1, 0.15) is 12.4 Å². The molecule has 3 rings (SSSR count). The van der Waals surface area contributed by atoms with Gasteiger partial charge < -0.3 is 9.30 Å². The largest absolute Gasteiger partial charge is 0.373 e. The van der Waals surface area contributed by atoms with Crippen molar-refractivity contribution in [3.05, 3.63) is 30.1 Å². The molecule has 110 valence electrons. The van der Waals surface area contributed by atoms with Crippen LogP contribution in [0.25, 0.3) is 11.0 Å². The Hall–Kier alpha value is -1.90. The van der Waals surface area contributed by atoms with Crippen molar-refractivity contribution in [3.63, 3.8) is 0 Å². The number of rotatable bonds is 3. The lowest BCUT2D eigenvalue weighted by Crippen LogP contribution is -2.45. The number of imidazole rings is 1. The third-order valence-electron chi connectivity index (χ3n) is 3.82. The SMILES string of the molecule is CC1CN(Cc2nc3ccccc3n2CC#N)CC(C)O1. The fourth-order valence-corrected chi connectivity index (χ4v) is 3.11. The number of fused-ring (bicyclic) bond motifs is 1. The summed E-state index contributed by atoms with van der Waals surface area (Å²) in [5.74, 6) is 0.957. The van der Waals surface area contributed by atoms with Gasteiger partial charge in [-0.15, -0.1) is 0 Å². The zero-order valence-electron chi connectivity index (χ0n) is 12.5. The molecule has 0 bridgehead atoms. The van der Waals surface area contributed by atoms with Gasteiger partial charge in [-0.1, -0.05) is 12.1 Å². The van der Waals surface area contributed by atoms with E-state index in [0.29, 0.717) is 6.54 Å². The number of nitrogens with zero attached hydrogens (tertiary/aromatic N) is 4. The van der Waals surface area contributed by atoms with Gasteiger partial charge in [0.05, 0.1) is 35.9 Å². The number of para-hydroxylation sites is 2. The number of benzene rings is 1. The molecule has 2 unspecified atom stereocenters. The van der Waals surface area contributed by atoms with Crippen LogP contribution in [-0.4, -0.2) is 39.7 Å². The third-order valence-corrected chi connectivity index (χ3v) is 3.82. The molecule has 1 aliphatic heterocycles. The molecule has 1 aliphatic rings. The van der Waals surface area contributed by atoms with Gasteiger partial charge in [-0.25, -0.2) is 4.98 Å². The first kappa shape index (κ1) is 14.1. The minimum Gasteiger partial charge on any atom is -0.373 e. The van der Waals surface area contributed by atoms with Crippen LogP contribution in [0, 0.1) is 11.3 Å². The standard InChI is InChI=1S/C16H20N4O/c1-12-9-19(10-13(2)21-12)11-16-18-14-5-3-4-6-15(14)20(16)8-7-17/h3-6,12-13H,8-11H2,1-2H3.